The standard InChI is InChI=1S/C13H13F3N2O3S/c1-3-11-10(8(2)18-21-11)7-22(19,20)12-5-4-9(6-17-12)13(14,15)16/h4-6H,3,7H2,1-2H3. The van der Waals surface area contributed by atoms with Crippen molar-refractivity contribution in [3.63, 3.8) is 0 Å². The average molecular weight is 334 g/mol. The van der Waals surface area contributed by atoms with Crippen LogP contribution in [0.1, 0.15) is 29.5 Å². The molecule has 0 aliphatic carbocycles. The molecular formula is C13H13F3N2O3S. The Hall–Kier alpha value is -1.90. The first-order valence-corrected chi connectivity index (χ1v) is 8.00. The van der Waals surface area contributed by atoms with E-state index in [1.54, 1.807) is 13.8 Å². The predicted octanol–water partition coefficient (Wildman–Crippen LogP) is 2.93. The van der Waals surface area contributed by atoms with Crippen molar-refractivity contribution in [2.45, 2.75) is 37.2 Å². The van der Waals surface area contributed by atoms with Crippen LogP contribution in [-0.2, 0) is 28.2 Å². The van der Waals surface area contributed by atoms with Crippen molar-refractivity contribution in [1.82, 2.24) is 10.1 Å². The van der Waals surface area contributed by atoms with Crippen molar-refractivity contribution in [1.29, 1.82) is 0 Å². The Labute approximate surface area is 125 Å². The summed E-state index contributed by atoms with van der Waals surface area (Å²) in [4.78, 5) is 3.42. The fourth-order valence-corrected chi connectivity index (χ4v) is 3.28. The van der Waals surface area contributed by atoms with Gasteiger partial charge in [0.15, 0.2) is 14.9 Å². The number of pyridine rings is 1. The summed E-state index contributed by atoms with van der Waals surface area (Å²) in [5.74, 6) is 0.0251. The Morgan fingerprint density at radius 1 is 1.27 bits per heavy atom. The summed E-state index contributed by atoms with van der Waals surface area (Å²) in [7, 11) is -3.88. The Bertz CT molecular complexity index is 765. The zero-order valence-electron chi connectivity index (χ0n) is 11.8. The summed E-state index contributed by atoms with van der Waals surface area (Å²) < 4.78 is 66.9. The number of alkyl halides is 3. The topological polar surface area (TPSA) is 73.1 Å². The van der Waals surface area contributed by atoms with E-state index in [0.29, 0.717) is 35.7 Å². The lowest BCUT2D eigenvalue weighted by Gasteiger charge is -2.07. The normalized spacial score (nSPS) is 12.6. The highest BCUT2D eigenvalue weighted by Crippen LogP contribution is 2.29. The molecule has 120 valence electrons. The molecule has 0 radical (unpaired) electrons. The Balaban J connectivity index is 2.33. The summed E-state index contributed by atoms with van der Waals surface area (Å²) in [5, 5.41) is 3.29. The van der Waals surface area contributed by atoms with Gasteiger partial charge < -0.3 is 4.52 Å². The van der Waals surface area contributed by atoms with Gasteiger partial charge in [-0.05, 0) is 19.1 Å². The zero-order valence-corrected chi connectivity index (χ0v) is 12.6. The fourth-order valence-electron chi connectivity index (χ4n) is 1.89. The molecule has 2 rings (SSSR count). The second kappa shape index (κ2) is 5.71. The molecule has 0 fully saturated rings. The highest BCUT2D eigenvalue weighted by Gasteiger charge is 2.31. The SMILES string of the molecule is CCc1onc(C)c1CS(=O)(=O)c1ccc(C(F)(F)F)cn1. The molecule has 0 bridgehead atoms. The number of hydrogen-bond acceptors (Lipinski definition) is 5. The first kappa shape index (κ1) is 16.5. The first-order chi connectivity index (χ1) is 10.1. The van der Waals surface area contributed by atoms with E-state index in [2.05, 4.69) is 10.1 Å². The summed E-state index contributed by atoms with van der Waals surface area (Å²) in [6.07, 6.45) is -3.59. The molecule has 5 nitrogen and oxygen atoms in total. The van der Waals surface area contributed by atoms with E-state index in [1.165, 1.54) is 0 Å². The van der Waals surface area contributed by atoms with Crippen LogP contribution in [0.25, 0.3) is 0 Å². The minimum Gasteiger partial charge on any atom is -0.361 e. The number of rotatable bonds is 4. The summed E-state index contributed by atoms with van der Waals surface area (Å²) in [5.41, 5.74) is -0.140. The highest BCUT2D eigenvalue weighted by molar-refractivity contribution is 7.90. The Morgan fingerprint density at radius 3 is 2.45 bits per heavy atom. The largest absolute Gasteiger partial charge is 0.417 e. The third-order valence-corrected chi connectivity index (χ3v) is 4.65. The molecule has 0 aromatic carbocycles. The van der Waals surface area contributed by atoms with Gasteiger partial charge in [0, 0.05) is 18.2 Å². The quantitative estimate of drug-likeness (QED) is 0.859. The van der Waals surface area contributed by atoms with E-state index in [4.69, 9.17) is 4.52 Å². The molecule has 0 saturated carbocycles. The molecule has 22 heavy (non-hydrogen) atoms. The van der Waals surface area contributed by atoms with Crippen LogP contribution < -0.4 is 0 Å². The van der Waals surface area contributed by atoms with E-state index >= 15 is 0 Å². The van der Waals surface area contributed by atoms with Crippen molar-refractivity contribution in [2.24, 2.45) is 0 Å². The lowest BCUT2D eigenvalue weighted by molar-refractivity contribution is -0.137. The molecule has 2 heterocycles. The van der Waals surface area contributed by atoms with Crippen LogP contribution >= 0.6 is 0 Å². The summed E-state index contributed by atoms with van der Waals surface area (Å²) in [6.45, 7) is 3.39. The number of aryl methyl sites for hydroxylation is 2. The van der Waals surface area contributed by atoms with E-state index in [1.807, 2.05) is 0 Å². The molecule has 0 aliphatic rings. The van der Waals surface area contributed by atoms with Gasteiger partial charge in [0.1, 0.15) is 5.76 Å². The molecule has 0 saturated heterocycles. The maximum atomic E-state index is 12.5. The molecule has 0 amide bonds. The molecule has 0 aliphatic heterocycles. The average Bonchev–Trinajstić information content (AvgIpc) is 2.78. The number of sulfone groups is 1. The van der Waals surface area contributed by atoms with Crippen molar-refractivity contribution in [3.8, 4) is 0 Å². The Kier molecular flexibility index (Phi) is 4.28. The molecule has 9 heteroatoms. The second-order valence-corrected chi connectivity index (χ2v) is 6.60. The molecule has 2 aromatic rings. The van der Waals surface area contributed by atoms with E-state index < -0.39 is 32.4 Å². The number of nitrogens with zero attached hydrogens (tertiary/aromatic N) is 2. The molecule has 0 unspecified atom stereocenters. The van der Waals surface area contributed by atoms with Gasteiger partial charge in [0.25, 0.3) is 0 Å². The molecule has 0 N–H and O–H groups in total. The minimum absolute atomic E-state index is 0.413. The van der Waals surface area contributed by atoms with Crippen LogP contribution in [0.2, 0.25) is 0 Å². The van der Waals surface area contributed by atoms with Crippen LogP contribution in [-0.4, -0.2) is 18.6 Å². The van der Waals surface area contributed by atoms with Crippen molar-refractivity contribution in [2.75, 3.05) is 0 Å². The van der Waals surface area contributed by atoms with Crippen LogP contribution in [0.4, 0.5) is 13.2 Å². The van der Waals surface area contributed by atoms with E-state index in [-0.39, 0.29) is 0 Å². The zero-order chi connectivity index (χ0) is 16.5. The van der Waals surface area contributed by atoms with E-state index in [0.717, 1.165) is 6.07 Å². The number of hydrogen-bond donors (Lipinski definition) is 0. The maximum Gasteiger partial charge on any atom is 0.417 e. The van der Waals surface area contributed by atoms with Gasteiger partial charge in [-0.1, -0.05) is 12.1 Å². The lowest BCUT2D eigenvalue weighted by atomic mass is 10.2. The third kappa shape index (κ3) is 3.29. The Morgan fingerprint density at radius 2 is 1.95 bits per heavy atom. The second-order valence-electron chi connectivity index (χ2n) is 4.67. The molecule has 0 atom stereocenters. The lowest BCUT2D eigenvalue weighted by Crippen LogP contribution is -2.11. The third-order valence-electron chi connectivity index (χ3n) is 3.10. The monoisotopic (exact) mass is 334 g/mol. The van der Waals surface area contributed by atoms with Crippen LogP contribution in [0.3, 0.4) is 0 Å². The van der Waals surface area contributed by atoms with Gasteiger partial charge in [-0.3, -0.25) is 0 Å². The minimum atomic E-state index is -4.56. The molecule has 2 aromatic heterocycles. The van der Waals surface area contributed by atoms with Crippen molar-refractivity contribution >= 4 is 9.84 Å². The first-order valence-electron chi connectivity index (χ1n) is 6.35. The molecule has 0 spiro atoms. The van der Waals surface area contributed by atoms with Crippen LogP contribution in [0.15, 0.2) is 27.9 Å². The fraction of sp³-hybridized carbons (Fsp3) is 0.385. The van der Waals surface area contributed by atoms with Crippen LogP contribution in [0, 0.1) is 6.92 Å². The van der Waals surface area contributed by atoms with E-state index in [9.17, 15) is 21.6 Å². The number of halogens is 3. The number of aromatic nitrogens is 2. The van der Waals surface area contributed by atoms with Gasteiger partial charge in [-0.15, -0.1) is 0 Å². The summed E-state index contributed by atoms with van der Waals surface area (Å²) in [6, 6.07) is 1.55. The van der Waals surface area contributed by atoms with Gasteiger partial charge >= 0.3 is 6.18 Å². The predicted molar refractivity (Wildman–Crippen MR) is 70.7 cm³/mol. The van der Waals surface area contributed by atoms with Gasteiger partial charge in [-0.2, -0.15) is 13.2 Å². The van der Waals surface area contributed by atoms with Crippen molar-refractivity contribution < 1.29 is 26.1 Å². The van der Waals surface area contributed by atoms with Gasteiger partial charge in [0.05, 0.1) is 17.0 Å². The van der Waals surface area contributed by atoms with Crippen LogP contribution in [0.5, 0.6) is 0 Å². The summed E-state index contributed by atoms with van der Waals surface area (Å²) >= 11 is 0. The smallest absolute Gasteiger partial charge is 0.361 e. The highest BCUT2D eigenvalue weighted by atomic mass is 32.2. The molecular weight excluding hydrogens is 321 g/mol. The van der Waals surface area contributed by atoms with Crippen molar-refractivity contribution in [3.05, 3.63) is 40.9 Å². The van der Waals surface area contributed by atoms with Gasteiger partial charge in [0.2, 0.25) is 0 Å². The maximum absolute atomic E-state index is 12.5. The van der Waals surface area contributed by atoms with Gasteiger partial charge in [-0.25, -0.2) is 13.4 Å².